The Morgan fingerprint density at radius 3 is 2.63 bits per heavy atom. The van der Waals surface area contributed by atoms with Crippen LogP contribution in [-0.4, -0.2) is 34.5 Å². The van der Waals surface area contributed by atoms with E-state index in [-0.39, 0.29) is 0 Å². The lowest BCUT2D eigenvalue weighted by molar-refractivity contribution is 0.476. The first-order chi connectivity index (χ1) is 13.1. The first kappa shape index (κ1) is 19.0. The number of rotatable bonds is 6. The fourth-order valence-corrected chi connectivity index (χ4v) is 3.06. The van der Waals surface area contributed by atoms with E-state index in [1.165, 1.54) is 16.7 Å². The Bertz CT molecular complexity index is 872. The van der Waals surface area contributed by atoms with Gasteiger partial charge in [-0.05, 0) is 28.8 Å². The molecule has 0 aliphatic rings. The predicted molar refractivity (Wildman–Crippen MR) is 111 cm³/mol. The van der Waals surface area contributed by atoms with Crippen molar-refractivity contribution in [2.24, 2.45) is 4.99 Å². The molecule has 0 bridgehead atoms. The number of nitrogens with one attached hydrogen (secondary N) is 1. The number of nitrogens with zero attached hydrogens (tertiary/aromatic N) is 4. The maximum atomic E-state index is 5.96. The van der Waals surface area contributed by atoms with E-state index < -0.39 is 0 Å². The molecule has 140 valence electrons. The lowest BCUT2D eigenvalue weighted by Gasteiger charge is -2.22. The molecule has 3 aromatic rings. The fraction of sp³-hybridized carbons (Fsp3) is 0.238. The van der Waals surface area contributed by atoms with Gasteiger partial charge in [0.25, 0.3) is 0 Å². The second-order valence-corrected chi connectivity index (χ2v) is 6.87. The van der Waals surface area contributed by atoms with Gasteiger partial charge < -0.3 is 14.8 Å². The zero-order valence-corrected chi connectivity index (χ0v) is 16.4. The number of guanidine groups is 1. The van der Waals surface area contributed by atoms with E-state index in [1.807, 2.05) is 43.8 Å². The van der Waals surface area contributed by atoms with Crippen LogP contribution in [0.4, 0.5) is 0 Å². The Morgan fingerprint density at radius 2 is 1.93 bits per heavy atom. The minimum absolute atomic E-state index is 0.718. The largest absolute Gasteiger partial charge is 0.352 e. The van der Waals surface area contributed by atoms with Crippen LogP contribution in [-0.2, 0) is 19.6 Å². The third-order valence-electron chi connectivity index (χ3n) is 4.27. The van der Waals surface area contributed by atoms with E-state index in [0.717, 1.165) is 30.6 Å². The molecule has 0 saturated carbocycles. The highest BCUT2D eigenvalue weighted by Gasteiger charge is 2.07. The Hall–Kier alpha value is -2.79. The van der Waals surface area contributed by atoms with Crippen molar-refractivity contribution in [2.75, 3.05) is 14.1 Å². The molecule has 0 aliphatic heterocycles. The van der Waals surface area contributed by atoms with Gasteiger partial charge in [-0.3, -0.25) is 4.99 Å². The van der Waals surface area contributed by atoms with Crippen LogP contribution in [0.15, 0.2) is 72.2 Å². The second-order valence-electron chi connectivity index (χ2n) is 6.44. The summed E-state index contributed by atoms with van der Waals surface area (Å²) < 4.78 is 2.06. The molecule has 0 spiro atoms. The van der Waals surface area contributed by atoms with Crippen LogP contribution in [0.5, 0.6) is 0 Å². The van der Waals surface area contributed by atoms with Gasteiger partial charge in [-0.15, -0.1) is 0 Å². The van der Waals surface area contributed by atoms with Gasteiger partial charge in [-0.1, -0.05) is 48.0 Å². The molecular formula is C21H24ClN5. The van der Waals surface area contributed by atoms with E-state index in [0.29, 0.717) is 0 Å². The summed E-state index contributed by atoms with van der Waals surface area (Å²) in [5.74, 6) is 0.852. The summed E-state index contributed by atoms with van der Waals surface area (Å²) in [4.78, 5) is 10.6. The topological polar surface area (TPSA) is 45.5 Å². The average molecular weight is 382 g/mol. The smallest absolute Gasteiger partial charge is 0.193 e. The maximum Gasteiger partial charge on any atom is 0.193 e. The van der Waals surface area contributed by atoms with E-state index in [9.17, 15) is 0 Å². The van der Waals surface area contributed by atoms with Gasteiger partial charge in [0, 0.05) is 51.1 Å². The quantitative estimate of drug-likeness (QED) is 0.522. The monoisotopic (exact) mass is 381 g/mol. The molecule has 0 unspecified atom stereocenters. The van der Waals surface area contributed by atoms with Gasteiger partial charge in [0.15, 0.2) is 5.96 Å². The number of hydrogen-bond acceptors (Lipinski definition) is 2. The van der Waals surface area contributed by atoms with Crippen molar-refractivity contribution in [1.29, 1.82) is 0 Å². The molecule has 3 rings (SSSR count). The number of hydrogen-bond donors (Lipinski definition) is 1. The molecule has 2 aromatic carbocycles. The molecule has 0 aliphatic carbocycles. The number of halogens is 1. The van der Waals surface area contributed by atoms with Gasteiger partial charge >= 0.3 is 0 Å². The first-order valence-electron chi connectivity index (χ1n) is 8.84. The lowest BCUT2D eigenvalue weighted by Crippen LogP contribution is -2.38. The zero-order valence-electron chi connectivity index (χ0n) is 15.6. The summed E-state index contributed by atoms with van der Waals surface area (Å²) in [5, 5.41) is 4.18. The molecule has 0 atom stereocenters. The van der Waals surface area contributed by atoms with Gasteiger partial charge in [-0.25, -0.2) is 4.98 Å². The molecule has 1 N–H and O–H groups in total. The molecule has 0 amide bonds. The van der Waals surface area contributed by atoms with Crippen LogP contribution in [0.25, 0.3) is 0 Å². The molecule has 1 aromatic heterocycles. The summed E-state index contributed by atoms with van der Waals surface area (Å²) in [5.41, 5.74) is 3.65. The molecule has 0 saturated heterocycles. The third-order valence-corrected chi connectivity index (χ3v) is 4.52. The number of imidazole rings is 1. The van der Waals surface area contributed by atoms with Crippen LogP contribution in [0.3, 0.4) is 0 Å². The van der Waals surface area contributed by atoms with Crippen LogP contribution in [0.1, 0.15) is 16.7 Å². The summed E-state index contributed by atoms with van der Waals surface area (Å²) >= 11 is 5.96. The van der Waals surface area contributed by atoms with Gasteiger partial charge in [-0.2, -0.15) is 0 Å². The van der Waals surface area contributed by atoms with Crippen molar-refractivity contribution in [3.63, 3.8) is 0 Å². The molecular weight excluding hydrogens is 358 g/mol. The molecule has 27 heavy (non-hydrogen) atoms. The zero-order chi connectivity index (χ0) is 19.1. The molecule has 0 fully saturated rings. The van der Waals surface area contributed by atoms with Crippen LogP contribution in [0, 0.1) is 0 Å². The fourth-order valence-electron chi connectivity index (χ4n) is 2.93. The summed E-state index contributed by atoms with van der Waals surface area (Å²) in [7, 11) is 3.83. The number of aromatic nitrogens is 2. The number of benzene rings is 2. The van der Waals surface area contributed by atoms with E-state index in [4.69, 9.17) is 11.6 Å². The SMILES string of the molecule is CN=C(NCc1cccc(Cn2ccnc2)c1)N(C)Cc1ccc(Cl)cc1. The summed E-state index contributed by atoms with van der Waals surface area (Å²) in [6.07, 6.45) is 5.60. The minimum atomic E-state index is 0.718. The standard InChI is InChI=1S/C21H24ClN5/c1-23-21(26(2)14-17-6-8-20(22)9-7-17)25-13-18-4-3-5-19(12-18)15-27-11-10-24-16-27/h3-12,16H,13-15H2,1-2H3,(H,23,25). The maximum absolute atomic E-state index is 5.96. The molecule has 1 heterocycles. The van der Waals surface area contributed by atoms with E-state index in [1.54, 1.807) is 13.2 Å². The average Bonchev–Trinajstić information content (AvgIpc) is 3.17. The first-order valence-corrected chi connectivity index (χ1v) is 9.21. The third kappa shape index (κ3) is 5.59. The number of aliphatic imine (C=N–C) groups is 1. The molecule has 0 radical (unpaired) electrons. The Balaban J connectivity index is 1.58. The van der Waals surface area contributed by atoms with Gasteiger partial charge in [0.1, 0.15) is 0 Å². The lowest BCUT2D eigenvalue weighted by atomic mass is 10.1. The van der Waals surface area contributed by atoms with E-state index in [2.05, 4.69) is 49.0 Å². The molecule has 5 nitrogen and oxygen atoms in total. The Kier molecular flexibility index (Phi) is 6.49. The predicted octanol–water partition coefficient (Wildman–Crippen LogP) is 3.79. The van der Waals surface area contributed by atoms with Crippen LogP contribution < -0.4 is 5.32 Å². The Morgan fingerprint density at radius 1 is 1.15 bits per heavy atom. The van der Waals surface area contributed by atoms with Crippen molar-refractivity contribution < 1.29 is 0 Å². The van der Waals surface area contributed by atoms with E-state index >= 15 is 0 Å². The van der Waals surface area contributed by atoms with Crippen molar-refractivity contribution >= 4 is 17.6 Å². The van der Waals surface area contributed by atoms with Crippen molar-refractivity contribution in [2.45, 2.75) is 19.6 Å². The van der Waals surface area contributed by atoms with Crippen molar-refractivity contribution in [1.82, 2.24) is 19.8 Å². The normalized spacial score (nSPS) is 11.4. The van der Waals surface area contributed by atoms with Crippen molar-refractivity contribution in [3.05, 3.63) is 89.0 Å². The summed E-state index contributed by atoms with van der Waals surface area (Å²) in [6.45, 7) is 2.30. The highest BCUT2D eigenvalue weighted by Crippen LogP contribution is 2.11. The second kappa shape index (κ2) is 9.24. The van der Waals surface area contributed by atoms with Crippen LogP contribution in [0.2, 0.25) is 5.02 Å². The Labute approximate surface area is 165 Å². The minimum Gasteiger partial charge on any atom is -0.352 e. The van der Waals surface area contributed by atoms with Crippen molar-refractivity contribution in [3.8, 4) is 0 Å². The molecule has 6 heteroatoms. The van der Waals surface area contributed by atoms with Gasteiger partial charge in [0.2, 0.25) is 0 Å². The van der Waals surface area contributed by atoms with Crippen LogP contribution >= 0.6 is 11.6 Å². The highest BCUT2D eigenvalue weighted by molar-refractivity contribution is 6.30. The van der Waals surface area contributed by atoms with Gasteiger partial charge in [0.05, 0.1) is 6.33 Å². The highest BCUT2D eigenvalue weighted by atomic mass is 35.5. The summed E-state index contributed by atoms with van der Waals surface area (Å²) in [6, 6.07) is 16.4.